The molecule has 24 heavy (non-hydrogen) atoms. The molecule has 0 heteroatoms. The Morgan fingerprint density at radius 2 is 1.12 bits per heavy atom. The molecule has 0 aliphatic heterocycles. The highest BCUT2D eigenvalue weighted by Gasteiger charge is 2.26. The summed E-state index contributed by atoms with van der Waals surface area (Å²) in [5, 5.41) is 0. The van der Waals surface area contributed by atoms with Crippen LogP contribution in [0.25, 0.3) is 0 Å². The molecule has 0 unspecified atom stereocenters. The van der Waals surface area contributed by atoms with Crippen LogP contribution in [0.4, 0.5) is 0 Å². The van der Waals surface area contributed by atoms with Gasteiger partial charge in [0.1, 0.15) is 0 Å². The van der Waals surface area contributed by atoms with Gasteiger partial charge in [-0.1, -0.05) is 119 Å². The van der Waals surface area contributed by atoms with E-state index in [0.717, 1.165) is 23.7 Å². The molecule has 2 aliphatic carbocycles. The third kappa shape index (κ3) is 12.4. The zero-order chi connectivity index (χ0) is 18.2. The molecule has 146 valence electrons. The summed E-state index contributed by atoms with van der Waals surface area (Å²) >= 11 is 0. The van der Waals surface area contributed by atoms with Crippen LogP contribution in [0.15, 0.2) is 0 Å². The van der Waals surface area contributed by atoms with Crippen molar-refractivity contribution in [3.8, 4) is 0 Å². The molecule has 0 N–H and O–H groups in total. The summed E-state index contributed by atoms with van der Waals surface area (Å²) in [7, 11) is 0. The van der Waals surface area contributed by atoms with Crippen molar-refractivity contribution in [3.05, 3.63) is 0 Å². The van der Waals surface area contributed by atoms with Gasteiger partial charge in [-0.15, -0.1) is 0 Å². The first-order valence-corrected chi connectivity index (χ1v) is 11.6. The maximum atomic E-state index is 2.43. The van der Waals surface area contributed by atoms with E-state index < -0.39 is 0 Å². The molecule has 0 radical (unpaired) electrons. The smallest absolute Gasteiger partial charge is 0.0386 e. The number of hydrogen-bond donors (Lipinski definition) is 0. The Morgan fingerprint density at radius 1 is 0.667 bits per heavy atom. The Bertz CT molecular complexity index is 224. The van der Waals surface area contributed by atoms with E-state index in [-0.39, 0.29) is 0 Å². The zero-order valence-electron chi connectivity index (χ0n) is 18.2. The predicted molar refractivity (Wildman–Crippen MR) is 113 cm³/mol. The summed E-state index contributed by atoms with van der Waals surface area (Å²) in [4.78, 5) is 0. The molecule has 0 aromatic carbocycles. The van der Waals surface area contributed by atoms with E-state index in [1.165, 1.54) is 64.2 Å². The van der Waals surface area contributed by atoms with Crippen molar-refractivity contribution in [1.82, 2.24) is 0 Å². The minimum absolute atomic E-state index is 0.935. The van der Waals surface area contributed by atoms with E-state index in [9.17, 15) is 0 Å². The average Bonchev–Trinajstić information content (AvgIpc) is 2.64. The Labute approximate surface area is 155 Å². The molecule has 2 saturated carbocycles. The Balaban J connectivity index is 0.000000405. The van der Waals surface area contributed by atoms with Crippen molar-refractivity contribution in [3.63, 3.8) is 0 Å². The van der Waals surface area contributed by atoms with Crippen LogP contribution < -0.4 is 0 Å². The molecule has 0 amide bonds. The predicted octanol–water partition coefficient (Wildman–Crippen LogP) is 9.03. The monoisotopic (exact) mass is 338 g/mol. The van der Waals surface area contributed by atoms with Crippen molar-refractivity contribution in [1.29, 1.82) is 0 Å². The zero-order valence-corrected chi connectivity index (χ0v) is 18.2. The van der Waals surface area contributed by atoms with Gasteiger partial charge in [-0.25, -0.2) is 0 Å². The van der Waals surface area contributed by atoms with E-state index in [1.54, 1.807) is 25.7 Å². The highest BCUT2D eigenvalue weighted by Crippen LogP contribution is 2.39. The van der Waals surface area contributed by atoms with Crippen molar-refractivity contribution >= 4 is 0 Å². The summed E-state index contributed by atoms with van der Waals surface area (Å²) < 4.78 is 0. The minimum atomic E-state index is 0.935. The fourth-order valence-corrected chi connectivity index (χ4v) is 4.01. The molecule has 2 rings (SSSR count). The van der Waals surface area contributed by atoms with E-state index in [0.29, 0.717) is 0 Å². The van der Waals surface area contributed by atoms with Gasteiger partial charge in [0.2, 0.25) is 0 Å². The largest absolute Gasteiger partial charge is 0.0654 e. The highest BCUT2D eigenvalue weighted by molar-refractivity contribution is 4.78. The summed E-state index contributed by atoms with van der Waals surface area (Å²) in [6.07, 6.45) is 20.5. The van der Waals surface area contributed by atoms with Crippen LogP contribution in [0.1, 0.15) is 131 Å². The van der Waals surface area contributed by atoms with Crippen LogP contribution >= 0.6 is 0 Å². The topological polar surface area (TPSA) is 0 Å². The van der Waals surface area contributed by atoms with Crippen molar-refractivity contribution in [2.24, 2.45) is 23.7 Å². The van der Waals surface area contributed by atoms with Gasteiger partial charge >= 0.3 is 0 Å². The lowest BCUT2D eigenvalue weighted by Crippen LogP contribution is -2.22. The van der Waals surface area contributed by atoms with Crippen molar-refractivity contribution in [2.75, 3.05) is 0 Å². The maximum absolute atomic E-state index is 2.43. The quantitative estimate of drug-likeness (QED) is 0.469. The molecule has 0 saturated heterocycles. The van der Waals surface area contributed by atoms with Crippen LogP contribution in [0.3, 0.4) is 0 Å². The molecule has 0 bridgehead atoms. The van der Waals surface area contributed by atoms with E-state index in [2.05, 4.69) is 41.5 Å². The van der Waals surface area contributed by atoms with Crippen LogP contribution in [0, 0.1) is 23.7 Å². The maximum Gasteiger partial charge on any atom is -0.0386 e. The van der Waals surface area contributed by atoms with Crippen molar-refractivity contribution in [2.45, 2.75) is 131 Å². The molecule has 0 nitrogen and oxygen atoms in total. The molecule has 0 spiro atoms. The van der Waals surface area contributed by atoms with Gasteiger partial charge in [0.05, 0.1) is 0 Å². The van der Waals surface area contributed by atoms with Gasteiger partial charge in [0, 0.05) is 0 Å². The summed E-state index contributed by atoms with van der Waals surface area (Å²) in [5.41, 5.74) is 0. The highest BCUT2D eigenvalue weighted by atomic mass is 14.3. The molecule has 0 aromatic heterocycles. The molecular formula is C24H50. The molecule has 2 aliphatic rings. The molecule has 0 aromatic rings. The SMILES string of the molecule is CC1CCC(C2CCCCC2)CC1.CCC(C)CC.CCCCC. The van der Waals surface area contributed by atoms with Crippen LogP contribution in [0.2, 0.25) is 0 Å². The van der Waals surface area contributed by atoms with Gasteiger partial charge in [-0.3, -0.25) is 0 Å². The number of unbranched alkanes of at least 4 members (excludes halogenated alkanes) is 2. The van der Waals surface area contributed by atoms with Crippen LogP contribution in [-0.4, -0.2) is 0 Å². The second-order valence-corrected chi connectivity index (χ2v) is 8.69. The first kappa shape index (κ1) is 24.0. The lowest BCUT2D eigenvalue weighted by atomic mass is 9.71. The minimum Gasteiger partial charge on any atom is -0.0654 e. The van der Waals surface area contributed by atoms with Gasteiger partial charge in [0.25, 0.3) is 0 Å². The standard InChI is InChI=1S/C13H24.C6H14.C5H12/c1-11-7-9-13(10-8-11)12-5-3-2-4-6-12;1-4-6(3)5-2;1-3-5-4-2/h11-13H,2-10H2,1H3;6H,4-5H2,1-3H3;3-5H2,1-2H3. The third-order valence-electron chi connectivity index (χ3n) is 6.48. The molecule has 2 fully saturated rings. The van der Waals surface area contributed by atoms with Crippen LogP contribution in [-0.2, 0) is 0 Å². The first-order chi connectivity index (χ1) is 11.6. The molecule has 0 atom stereocenters. The van der Waals surface area contributed by atoms with E-state index >= 15 is 0 Å². The lowest BCUT2D eigenvalue weighted by molar-refractivity contribution is 0.173. The van der Waals surface area contributed by atoms with E-state index in [4.69, 9.17) is 0 Å². The second-order valence-electron chi connectivity index (χ2n) is 8.69. The summed E-state index contributed by atoms with van der Waals surface area (Å²) in [5.74, 6) is 4.21. The van der Waals surface area contributed by atoms with Gasteiger partial charge < -0.3 is 0 Å². The van der Waals surface area contributed by atoms with Gasteiger partial charge in [-0.05, 0) is 36.5 Å². The van der Waals surface area contributed by atoms with Gasteiger partial charge in [0.15, 0.2) is 0 Å². The molecule has 0 heterocycles. The Kier molecular flexibility index (Phi) is 16.5. The third-order valence-corrected chi connectivity index (χ3v) is 6.48. The van der Waals surface area contributed by atoms with Crippen molar-refractivity contribution < 1.29 is 0 Å². The Morgan fingerprint density at radius 3 is 1.46 bits per heavy atom. The Hall–Kier alpha value is 0. The van der Waals surface area contributed by atoms with E-state index in [1.807, 2.05) is 0 Å². The molecular weight excluding hydrogens is 288 g/mol. The normalized spacial score (nSPS) is 24.6. The number of hydrogen-bond acceptors (Lipinski definition) is 0. The van der Waals surface area contributed by atoms with Gasteiger partial charge in [-0.2, -0.15) is 0 Å². The summed E-state index contributed by atoms with van der Waals surface area (Å²) in [6.45, 7) is 13.6. The fourth-order valence-electron chi connectivity index (χ4n) is 4.01. The first-order valence-electron chi connectivity index (χ1n) is 11.6. The average molecular weight is 339 g/mol. The van der Waals surface area contributed by atoms with Crippen LogP contribution in [0.5, 0.6) is 0 Å². The lowest BCUT2D eigenvalue weighted by Gasteiger charge is -2.34. The summed E-state index contributed by atoms with van der Waals surface area (Å²) in [6, 6.07) is 0. The second kappa shape index (κ2) is 16.5. The fraction of sp³-hybridized carbons (Fsp3) is 1.00. The number of rotatable bonds is 5.